The molecule has 3 rings (SSSR count). The van der Waals surface area contributed by atoms with Crippen molar-refractivity contribution in [1.82, 2.24) is 0 Å². The number of anilines is 2. The van der Waals surface area contributed by atoms with Crippen LogP contribution in [-0.4, -0.2) is 20.1 Å². The first-order valence-corrected chi connectivity index (χ1v) is 10.8. The number of hydrogen-bond acceptors (Lipinski definition) is 4. The molecule has 0 atom stereocenters. The Balaban J connectivity index is 1.76. The zero-order chi connectivity index (χ0) is 21.9. The molecule has 0 radical (unpaired) electrons. The molecule has 0 spiro atoms. The quantitative estimate of drug-likeness (QED) is 0.570. The molecule has 0 aromatic heterocycles. The summed E-state index contributed by atoms with van der Waals surface area (Å²) in [5, 5.41) is 2.71. The molecule has 0 aliphatic rings. The number of hydrogen-bond donors (Lipinski definition) is 2. The van der Waals surface area contributed by atoms with Crippen molar-refractivity contribution in [2.24, 2.45) is 0 Å². The third-order valence-corrected chi connectivity index (χ3v) is 6.18. The average Bonchev–Trinajstić information content (AvgIpc) is 2.71. The molecule has 3 aromatic carbocycles. The minimum atomic E-state index is -3.79. The van der Waals surface area contributed by atoms with Crippen LogP contribution < -0.4 is 10.0 Å². The highest BCUT2D eigenvalue weighted by Crippen LogP contribution is 2.22. The van der Waals surface area contributed by atoms with Gasteiger partial charge in [-0.1, -0.05) is 24.3 Å². The van der Waals surface area contributed by atoms with Crippen LogP contribution in [0, 0.1) is 13.8 Å². The van der Waals surface area contributed by atoms with Crippen molar-refractivity contribution in [2.75, 3.05) is 10.0 Å². The van der Waals surface area contributed by atoms with Gasteiger partial charge in [0.1, 0.15) is 0 Å². The van der Waals surface area contributed by atoms with Gasteiger partial charge in [-0.3, -0.25) is 14.3 Å². The van der Waals surface area contributed by atoms with E-state index in [1.165, 1.54) is 31.2 Å². The number of Topliss-reactive ketones (excluding diaryl/α,β-unsaturated/α-hetero) is 1. The molecule has 30 heavy (non-hydrogen) atoms. The highest BCUT2D eigenvalue weighted by Gasteiger charge is 2.17. The van der Waals surface area contributed by atoms with E-state index in [0.29, 0.717) is 22.5 Å². The Morgan fingerprint density at radius 2 is 1.50 bits per heavy atom. The summed E-state index contributed by atoms with van der Waals surface area (Å²) in [5.74, 6) is -0.501. The number of amides is 1. The first kappa shape index (κ1) is 21.3. The Morgan fingerprint density at radius 1 is 0.833 bits per heavy atom. The fraction of sp³-hybridized carbons (Fsp3) is 0.130. The summed E-state index contributed by atoms with van der Waals surface area (Å²) in [5.41, 5.74) is 3.63. The minimum absolute atomic E-state index is 0.0542. The molecule has 154 valence electrons. The predicted molar refractivity (Wildman–Crippen MR) is 118 cm³/mol. The molecular formula is C23H22N2O4S. The maximum Gasteiger partial charge on any atom is 0.261 e. The van der Waals surface area contributed by atoms with Gasteiger partial charge in [-0.2, -0.15) is 0 Å². The Hall–Kier alpha value is -3.45. The summed E-state index contributed by atoms with van der Waals surface area (Å²) in [4.78, 5) is 24.0. The van der Waals surface area contributed by atoms with Crippen molar-refractivity contribution in [2.45, 2.75) is 25.7 Å². The van der Waals surface area contributed by atoms with Crippen molar-refractivity contribution in [3.05, 3.63) is 89.0 Å². The molecule has 1 amide bonds. The van der Waals surface area contributed by atoms with Crippen LogP contribution >= 0.6 is 0 Å². The van der Waals surface area contributed by atoms with E-state index < -0.39 is 15.9 Å². The van der Waals surface area contributed by atoms with Gasteiger partial charge in [0, 0.05) is 16.8 Å². The Kier molecular flexibility index (Phi) is 6.03. The fourth-order valence-electron chi connectivity index (χ4n) is 2.87. The number of carbonyl (C=O) groups is 2. The number of benzene rings is 3. The summed E-state index contributed by atoms with van der Waals surface area (Å²) in [6.45, 7) is 5.21. The molecule has 0 fully saturated rings. The zero-order valence-electron chi connectivity index (χ0n) is 16.9. The average molecular weight is 423 g/mol. The number of sulfonamides is 1. The molecule has 0 unspecified atom stereocenters. The molecule has 7 heteroatoms. The predicted octanol–water partition coefficient (Wildman–Crippen LogP) is 4.56. The third-order valence-electron chi connectivity index (χ3n) is 4.80. The van der Waals surface area contributed by atoms with E-state index >= 15 is 0 Å². The van der Waals surface area contributed by atoms with Crippen LogP contribution in [-0.2, 0) is 10.0 Å². The van der Waals surface area contributed by atoms with Gasteiger partial charge in [-0.05, 0) is 74.4 Å². The largest absolute Gasteiger partial charge is 0.322 e. The van der Waals surface area contributed by atoms with Crippen LogP contribution in [0.1, 0.15) is 38.8 Å². The smallest absolute Gasteiger partial charge is 0.261 e. The second-order valence-corrected chi connectivity index (χ2v) is 8.65. The van der Waals surface area contributed by atoms with Gasteiger partial charge in [0.2, 0.25) is 0 Å². The normalized spacial score (nSPS) is 11.0. The van der Waals surface area contributed by atoms with Crippen molar-refractivity contribution >= 4 is 33.1 Å². The van der Waals surface area contributed by atoms with E-state index in [9.17, 15) is 18.0 Å². The van der Waals surface area contributed by atoms with E-state index in [0.717, 1.165) is 11.1 Å². The van der Waals surface area contributed by atoms with Crippen LogP contribution in [0.2, 0.25) is 0 Å². The van der Waals surface area contributed by atoms with Gasteiger partial charge in [0.15, 0.2) is 5.78 Å². The van der Waals surface area contributed by atoms with Crippen molar-refractivity contribution in [1.29, 1.82) is 0 Å². The summed E-state index contributed by atoms with van der Waals surface area (Å²) < 4.78 is 28.0. The number of aryl methyl sites for hydroxylation is 1. The number of rotatable bonds is 6. The number of carbonyl (C=O) groups excluding carboxylic acids is 2. The maximum atomic E-state index is 12.7. The molecular weight excluding hydrogens is 400 g/mol. The lowest BCUT2D eigenvalue weighted by atomic mass is 10.1. The summed E-state index contributed by atoms with van der Waals surface area (Å²) in [7, 11) is -3.79. The lowest BCUT2D eigenvalue weighted by molar-refractivity contribution is 0.101. The number of ketones is 1. The van der Waals surface area contributed by atoms with E-state index in [2.05, 4.69) is 10.0 Å². The van der Waals surface area contributed by atoms with Crippen molar-refractivity contribution in [3.8, 4) is 0 Å². The van der Waals surface area contributed by atoms with Crippen LogP contribution in [0.25, 0.3) is 0 Å². The topological polar surface area (TPSA) is 92.3 Å². The first-order valence-electron chi connectivity index (χ1n) is 9.29. The van der Waals surface area contributed by atoms with Gasteiger partial charge in [-0.15, -0.1) is 0 Å². The molecule has 2 N–H and O–H groups in total. The molecule has 0 aliphatic carbocycles. The fourth-order valence-corrected chi connectivity index (χ4v) is 3.99. The lowest BCUT2D eigenvalue weighted by Crippen LogP contribution is -2.15. The number of nitrogens with one attached hydrogen (secondary N) is 2. The monoisotopic (exact) mass is 422 g/mol. The molecule has 6 nitrogen and oxygen atoms in total. The van der Waals surface area contributed by atoms with Gasteiger partial charge < -0.3 is 5.32 Å². The maximum absolute atomic E-state index is 12.7. The molecule has 0 aliphatic heterocycles. The highest BCUT2D eigenvalue weighted by molar-refractivity contribution is 7.92. The van der Waals surface area contributed by atoms with E-state index in [4.69, 9.17) is 0 Å². The van der Waals surface area contributed by atoms with Crippen molar-refractivity contribution in [3.63, 3.8) is 0 Å². The summed E-state index contributed by atoms with van der Waals surface area (Å²) >= 11 is 0. The SMILES string of the molecule is CC(=O)c1cccc(NC(=O)c2ccc(S(=O)(=O)Nc3cccc(C)c3C)cc2)c1. The highest BCUT2D eigenvalue weighted by atomic mass is 32.2. The molecule has 3 aromatic rings. The lowest BCUT2D eigenvalue weighted by Gasteiger charge is -2.12. The van der Waals surface area contributed by atoms with Gasteiger partial charge in [0.05, 0.1) is 10.6 Å². The third kappa shape index (κ3) is 4.75. The Labute approximate surface area is 176 Å². The molecule has 0 heterocycles. The van der Waals surface area contributed by atoms with E-state index in [-0.39, 0.29) is 10.7 Å². The van der Waals surface area contributed by atoms with Gasteiger partial charge in [0.25, 0.3) is 15.9 Å². The first-order chi connectivity index (χ1) is 14.2. The second-order valence-electron chi connectivity index (χ2n) is 6.97. The van der Waals surface area contributed by atoms with Crippen LogP contribution in [0.15, 0.2) is 71.6 Å². The minimum Gasteiger partial charge on any atom is -0.322 e. The summed E-state index contributed by atoms with van der Waals surface area (Å²) in [6.07, 6.45) is 0. The van der Waals surface area contributed by atoms with Gasteiger partial charge in [-0.25, -0.2) is 8.42 Å². The van der Waals surface area contributed by atoms with Crippen LogP contribution in [0.3, 0.4) is 0 Å². The standard InChI is InChI=1S/C23H22N2O4S/c1-15-6-4-9-22(16(15)2)25-30(28,29)21-12-10-18(11-13-21)23(27)24-20-8-5-7-19(14-20)17(3)26/h4-14,25H,1-3H3,(H,24,27). The Morgan fingerprint density at radius 3 is 2.17 bits per heavy atom. The van der Waals surface area contributed by atoms with Gasteiger partial charge >= 0.3 is 0 Å². The summed E-state index contributed by atoms with van der Waals surface area (Å²) in [6, 6.07) is 17.7. The zero-order valence-corrected chi connectivity index (χ0v) is 17.7. The van der Waals surface area contributed by atoms with E-state index in [1.54, 1.807) is 36.4 Å². The van der Waals surface area contributed by atoms with Crippen LogP contribution in [0.5, 0.6) is 0 Å². The van der Waals surface area contributed by atoms with Crippen molar-refractivity contribution < 1.29 is 18.0 Å². The van der Waals surface area contributed by atoms with E-state index in [1.807, 2.05) is 19.9 Å². The van der Waals surface area contributed by atoms with Crippen LogP contribution in [0.4, 0.5) is 11.4 Å². The Bertz CT molecular complexity index is 1220. The second kappa shape index (κ2) is 8.51. The molecule has 0 saturated heterocycles. The molecule has 0 saturated carbocycles. The molecule has 0 bridgehead atoms.